The minimum atomic E-state index is 0.435. The van der Waals surface area contributed by atoms with Crippen molar-refractivity contribution in [2.45, 2.75) is 52.0 Å². The van der Waals surface area contributed by atoms with E-state index in [2.05, 4.69) is 24.2 Å². The minimum Gasteiger partial charge on any atom is -0.370 e. The summed E-state index contributed by atoms with van der Waals surface area (Å²) in [6, 6.07) is 0.435. The van der Waals surface area contributed by atoms with Gasteiger partial charge in [-0.1, -0.05) is 6.92 Å². The van der Waals surface area contributed by atoms with E-state index in [0.717, 1.165) is 18.9 Å². The first-order chi connectivity index (χ1) is 7.16. The van der Waals surface area contributed by atoms with Crippen LogP contribution >= 0.6 is 0 Å². The van der Waals surface area contributed by atoms with Crippen molar-refractivity contribution < 1.29 is 0 Å². The second kappa shape index (κ2) is 4.03. The van der Waals surface area contributed by atoms with E-state index in [1.807, 2.05) is 0 Å². The van der Waals surface area contributed by atoms with Crippen LogP contribution in [0.2, 0.25) is 0 Å². The lowest BCUT2D eigenvalue weighted by molar-refractivity contribution is 0.452. The van der Waals surface area contributed by atoms with E-state index in [0.29, 0.717) is 17.4 Å². The average Bonchev–Trinajstić information content (AvgIpc) is 3.04. The highest BCUT2D eigenvalue weighted by molar-refractivity contribution is 5.78. The maximum Gasteiger partial charge on any atom is 0.188 e. The first kappa shape index (κ1) is 10.8. The molecule has 15 heavy (non-hydrogen) atoms. The molecule has 2 saturated carbocycles. The van der Waals surface area contributed by atoms with E-state index in [9.17, 15) is 0 Å². The Hall–Kier alpha value is -0.730. The van der Waals surface area contributed by atoms with E-state index in [-0.39, 0.29) is 0 Å². The van der Waals surface area contributed by atoms with Gasteiger partial charge in [0.25, 0.3) is 0 Å². The van der Waals surface area contributed by atoms with Crippen LogP contribution in [0.15, 0.2) is 4.99 Å². The molecule has 0 heterocycles. The van der Waals surface area contributed by atoms with Crippen molar-refractivity contribution in [2.24, 2.45) is 22.1 Å². The SMILES string of the molecule is CCC(C)NC(N)=NCC1(C2CC2)CC1. The van der Waals surface area contributed by atoms with Gasteiger partial charge in [-0.25, -0.2) is 0 Å². The summed E-state index contributed by atoms with van der Waals surface area (Å²) in [5.41, 5.74) is 6.42. The highest BCUT2D eigenvalue weighted by Gasteiger charge is 2.53. The molecule has 0 bridgehead atoms. The summed E-state index contributed by atoms with van der Waals surface area (Å²) < 4.78 is 0. The second-order valence-electron chi connectivity index (χ2n) is 5.29. The Morgan fingerprint density at radius 1 is 1.53 bits per heavy atom. The van der Waals surface area contributed by atoms with Crippen molar-refractivity contribution in [3.8, 4) is 0 Å². The van der Waals surface area contributed by atoms with Gasteiger partial charge in [0.2, 0.25) is 0 Å². The fraction of sp³-hybridized carbons (Fsp3) is 0.917. The Balaban J connectivity index is 1.77. The molecular formula is C12H23N3. The number of nitrogens with one attached hydrogen (secondary N) is 1. The number of rotatable bonds is 5. The Morgan fingerprint density at radius 2 is 2.20 bits per heavy atom. The molecule has 2 fully saturated rings. The van der Waals surface area contributed by atoms with Crippen LogP contribution in [0.4, 0.5) is 0 Å². The van der Waals surface area contributed by atoms with Crippen molar-refractivity contribution in [1.29, 1.82) is 0 Å². The van der Waals surface area contributed by atoms with Crippen molar-refractivity contribution in [3.63, 3.8) is 0 Å². The first-order valence-electron chi connectivity index (χ1n) is 6.23. The molecule has 0 spiro atoms. The van der Waals surface area contributed by atoms with Crippen molar-refractivity contribution in [2.75, 3.05) is 6.54 Å². The molecule has 0 aromatic rings. The molecule has 2 aliphatic carbocycles. The Kier molecular flexibility index (Phi) is 2.89. The van der Waals surface area contributed by atoms with Gasteiger partial charge in [-0.15, -0.1) is 0 Å². The van der Waals surface area contributed by atoms with Gasteiger partial charge in [0.05, 0.1) is 0 Å². The molecule has 0 aromatic carbocycles. The highest BCUT2D eigenvalue weighted by Crippen LogP contribution is 2.61. The van der Waals surface area contributed by atoms with Gasteiger partial charge in [-0.05, 0) is 50.4 Å². The van der Waals surface area contributed by atoms with Crippen LogP contribution in [-0.4, -0.2) is 18.5 Å². The summed E-state index contributed by atoms with van der Waals surface area (Å²) in [6.07, 6.45) is 6.68. The lowest BCUT2D eigenvalue weighted by atomic mass is 10.0. The van der Waals surface area contributed by atoms with Gasteiger partial charge >= 0.3 is 0 Å². The van der Waals surface area contributed by atoms with E-state index in [1.54, 1.807) is 0 Å². The third-order valence-electron chi connectivity index (χ3n) is 3.91. The minimum absolute atomic E-state index is 0.435. The molecule has 0 saturated heterocycles. The third-order valence-corrected chi connectivity index (χ3v) is 3.91. The predicted octanol–water partition coefficient (Wildman–Crippen LogP) is 1.88. The van der Waals surface area contributed by atoms with Crippen LogP contribution in [0, 0.1) is 11.3 Å². The smallest absolute Gasteiger partial charge is 0.188 e. The molecule has 0 amide bonds. The normalized spacial score (nSPS) is 26.1. The predicted molar refractivity (Wildman–Crippen MR) is 63.8 cm³/mol. The molecule has 1 atom stereocenters. The van der Waals surface area contributed by atoms with Gasteiger partial charge in [-0.3, -0.25) is 4.99 Å². The Morgan fingerprint density at radius 3 is 2.67 bits per heavy atom. The Labute approximate surface area is 92.5 Å². The summed E-state index contributed by atoms with van der Waals surface area (Å²) >= 11 is 0. The maximum absolute atomic E-state index is 5.84. The van der Waals surface area contributed by atoms with Crippen LogP contribution in [0.3, 0.4) is 0 Å². The molecule has 2 aliphatic rings. The van der Waals surface area contributed by atoms with Crippen molar-refractivity contribution >= 4 is 5.96 Å². The number of aliphatic imine (C=N–C) groups is 1. The topological polar surface area (TPSA) is 50.4 Å². The van der Waals surface area contributed by atoms with Gasteiger partial charge < -0.3 is 11.1 Å². The summed E-state index contributed by atoms with van der Waals surface area (Å²) in [4.78, 5) is 4.49. The number of nitrogens with two attached hydrogens (primary N) is 1. The molecule has 0 radical (unpaired) electrons. The van der Waals surface area contributed by atoms with Crippen LogP contribution in [0.25, 0.3) is 0 Å². The van der Waals surface area contributed by atoms with E-state index >= 15 is 0 Å². The van der Waals surface area contributed by atoms with Crippen LogP contribution in [0.5, 0.6) is 0 Å². The third kappa shape index (κ3) is 2.64. The van der Waals surface area contributed by atoms with Gasteiger partial charge in [0, 0.05) is 12.6 Å². The summed E-state index contributed by atoms with van der Waals surface area (Å²) in [7, 11) is 0. The largest absolute Gasteiger partial charge is 0.370 e. The lowest BCUT2D eigenvalue weighted by Gasteiger charge is -2.14. The zero-order valence-electron chi connectivity index (χ0n) is 9.92. The highest BCUT2D eigenvalue weighted by atomic mass is 15.1. The zero-order valence-corrected chi connectivity index (χ0v) is 9.92. The molecule has 3 nitrogen and oxygen atoms in total. The molecule has 3 heteroatoms. The maximum atomic E-state index is 5.84. The Bertz CT molecular complexity index is 252. The van der Waals surface area contributed by atoms with E-state index in [1.165, 1.54) is 25.7 Å². The fourth-order valence-electron chi connectivity index (χ4n) is 2.19. The number of guanidine groups is 1. The van der Waals surface area contributed by atoms with Crippen LogP contribution in [-0.2, 0) is 0 Å². The van der Waals surface area contributed by atoms with Gasteiger partial charge in [0.1, 0.15) is 0 Å². The molecule has 1 unspecified atom stereocenters. The van der Waals surface area contributed by atoms with E-state index in [4.69, 9.17) is 5.73 Å². The standard InChI is InChI=1S/C12H23N3/c1-3-9(2)15-11(13)14-8-12(6-7-12)10-4-5-10/h9-10H,3-8H2,1-2H3,(H3,13,14,15). The summed E-state index contributed by atoms with van der Waals surface area (Å²) in [5, 5.41) is 3.22. The van der Waals surface area contributed by atoms with Crippen LogP contribution < -0.4 is 11.1 Å². The average molecular weight is 209 g/mol. The molecular weight excluding hydrogens is 186 g/mol. The lowest BCUT2D eigenvalue weighted by Crippen LogP contribution is -2.38. The summed E-state index contributed by atoms with van der Waals surface area (Å²) in [6.45, 7) is 5.24. The second-order valence-corrected chi connectivity index (χ2v) is 5.29. The van der Waals surface area contributed by atoms with Gasteiger partial charge in [0.15, 0.2) is 5.96 Å². The fourth-order valence-corrected chi connectivity index (χ4v) is 2.19. The molecule has 86 valence electrons. The molecule has 3 N–H and O–H groups in total. The summed E-state index contributed by atoms with van der Waals surface area (Å²) in [5.74, 6) is 1.61. The zero-order chi connectivity index (χ0) is 10.9. The van der Waals surface area contributed by atoms with E-state index < -0.39 is 0 Å². The van der Waals surface area contributed by atoms with Crippen molar-refractivity contribution in [3.05, 3.63) is 0 Å². The number of nitrogens with zero attached hydrogens (tertiary/aromatic N) is 1. The van der Waals surface area contributed by atoms with Gasteiger partial charge in [-0.2, -0.15) is 0 Å². The molecule has 0 aromatic heterocycles. The quantitative estimate of drug-likeness (QED) is 0.536. The number of hydrogen-bond acceptors (Lipinski definition) is 1. The number of hydrogen-bond donors (Lipinski definition) is 2. The first-order valence-corrected chi connectivity index (χ1v) is 6.23. The molecule has 0 aliphatic heterocycles. The van der Waals surface area contributed by atoms with Crippen molar-refractivity contribution in [1.82, 2.24) is 5.32 Å². The monoisotopic (exact) mass is 209 g/mol. The van der Waals surface area contributed by atoms with Crippen LogP contribution in [0.1, 0.15) is 46.0 Å². The molecule has 2 rings (SSSR count).